The summed E-state index contributed by atoms with van der Waals surface area (Å²) in [7, 11) is 0. The fourth-order valence-electron chi connectivity index (χ4n) is 6.28. The van der Waals surface area contributed by atoms with Crippen LogP contribution in [0.5, 0.6) is 0 Å². The zero-order chi connectivity index (χ0) is 30.8. The van der Waals surface area contributed by atoms with Crippen LogP contribution in [0.4, 0.5) is 17.6 Å². The molecule has 10 rings (SSSR count). The molecule has 222 valence electrons. The van der Waals surface area contributed by atoms with Crippen LogP contribution in [0.15, 0.2) is 84.9 Å². The third kappa shape index (κ3) is 4.04. The standard InChI is InChI=1S/C36H14F4S6/c37-23-13-25(41-35(23)27-9-15-1-5-21-19(31(15)43-27)7-3-17-11-29(39)45-33(17)21)26-14-24(38)36(42-26)28-10-16-2-6-22-20(32(16)44-28)8-4-18-12-30(40)46-34(18)22/h1-14H. The van der Waals surface area contributed by atoms with Crippen LogP contribution in [0.1, 0.15) is 0 Å². The molecule has 0 unspecified atom stereocenters. The topological polar surface area (TPSA) is 0 Å². The first-order valence-corrected chi connectivity index (χ1v) is 19.0. The van der Waals surface area contributed by atoms with Crippen molar-refractivity contribution in [2.45, 2.75) is 0 Å². The summed E-state index contributed by atoms with van der Waals surface area (Å²) >= 11 is 7.97. The fraction of sp³-hybridized carbons (Fsp3) is 0. The van der Waals surface area contributed by atoms with Gasteiger partial charge in [0.2, 0.25) is 0 Å². The zero-order valence-electron chi connectivity index (χ0n) is 23.0. The number of rotatable bonds is 3. The number of hydrogen-bond acceptors (Lipinski definition) is 6. The molecule has 0 aliphatic rings. The van der Waals surface area contributed by atoms with E-state index in [9.17, 15) is 8.78 Å². The Morgan fingerprint density at radius 2 is 0.674 bits per heavy atom. The van der Waals surface area contributed by atoms with Gasteiger partial charge in [-0.1, -0.05) is 48.5 Å². The first-order chi connectivity index (χ1) is 22.4. The van der Waals surface area contributed by atoms with Crippen LogP contribution in [0.3, 0.4) is 0 Å². The molecule has 6 aromatic heterocycles. The lowest BCUT2D eigenvalue weighted by Gasteiger charge is -2.00. The maximum atomic E-state index is 15.5. The quantitative estimate of drug-likeness (QED) is 0.160. The highest BCUT2D eigenvalue weighted by atomic mass is 32.1. The lowest BCUT2D eigenvalue weighted by atomic mass is 10.1. The molecule has 0 aliphatic carbocycles. The summed E-state index contributed by atoms with van der Waals surface area (Å²) in [6.07, 6.45) is 0. The average Bonchev–Trinajstić information content (AvgIpc) is 3.87. The van der Waals surface area contributed by atoms with Gasteiger partial charge >= 0.3 is 0 Å². The molecule has 4 aromatic carbocycles. The van der Waals surface area contributed by atoms with E-state index >= 15 is 8.78 Å². The largest absolute Gasteiger partial charge is 0.205 e. The summed E-state index contributed by atoms with van der Waals surface area (Å²) in [4.78, 5) is 4.01. The highest BCUT2D eigenvalue weighted by Gasteiger charge is 2.21. The number of benzene rings is 4. The van der Waals surface area contributed by atoms with E-state index in [1.165, 1.54) is 57.5 Å². The van der Waals surface area contributed by atoms with Gasteiger partial charge < -0.3 is 0 Å². The van der Waals surface area contributed by atoms with E-state index in [0.717, 1.165) is 94.3 Å². The minimum Gasteiger partial charge on any atom is -0.205 e. The lowest BCUT2D eigenvalue weighted by Crippen LogP contribution is -1.72. The van der Waals surface area contributed by atoms with Gasteiger partial charge in [0.1, 0.15) is 11.6 Å². The molecule has 0 spiro atoms. The molecule has 0 nitrogen and oxygen atoms in total. The third-order valence-corrected chi connectivity index (χ3v) is 15.4. The Hall–Kier alpha value is -3.64. The highest BCUT2D eigenvalue weighted by Crippen LogP contribution is 2.49. The van der Waals surface area contributed by atoms with Crippen LogP contribution in [0, 0.1) is 21.9 Å². The van der Waals surface area contributed by atoms with Gasteiger partial charge in [0, 0.05) is 59.9 Å². The smallest absolute Gasteiger partial charge is 0.177 e. The van der Waals surface area contributed by atoms with E-state index in [2.05, 4.69) is 0 Å². The molecule has 0 radical (unpaired) electrons. The monoisotopic (exact) mass is 714 g/mol. The summed E-state index contributed by atoms with van der Waals surface area (Å²) < 4.78 is 63.0. The van der Waals surface area contributed by atoms with Gasteiger partial charge in [-0.2, -0.15) is 8.78 Å². The second-order valence-electron chi connectivity index (χ2n) is 11.0. The van der Waals surface area contributed by atoms with Crippen molar-refractivity contribution in [3.05, 3.63) is 107 Å². The van der Waals surface area contributed by atoms with Gasteiger partial charge in [-0.25, -0.2) is 8.78 Å². The maximum Gasteiger partial charge on any atom is 0.177 e. The van der Waals surface area contributed by atoms with Crippen molar-refractivity contribution in [2.24, 2.45) is 0 Å². The third-order valence-electron chi connectivity index (χ3n) is 8.32. The highest BCUT2D eigenvalue weighted by molar-refractivity contribution is 7.31. The van der Waals surface area contributed by atoms with Crippen LogP contribution < -0.4 is 0 Å². The van der Waals surface area contributed by atoms with E-state index in [4.69, 9.17) is 0 Å². The Morgan fingerprint density at radius 3 is 1.07 bits per heavy atom. The predicted molar refractivity (Wildman–Crippen MR) is 195 cm³/mol. The van der Waals surface area contributed by atoms with Crippen molar-refractivity contribution < 1.29 is 17.6 Å². The summed E-state index contributed by atoms with van der Waals surface area (Å²) in [5.74, 6) is -0.669. The fourth-order valence-corrected chi connectivity index (χ4v) is 12.8. The molecule has 0 saturated heterocycles. The summed E-state index contributed by atoms with van der Waals surface area (Å²) in [6, 6.07) is 26.0. The average molecular weight is 715 g/mol. The minimum atomic E-state index is -0.335. The second-order valence-corrected chi connectivity index (χ2v) is 17.2. The zero-order valence-corrected chi connectivity index (χ0v) is 27.9. The van der Waals surface area contributed by atoms with Crippen molar-refractivity contribution in [3.63, 3.8) is 0 Å². The lowest BCUT2D eigenvalue weighted by molar-refractivity contribution is 0.635. The second kappa shape index (κ2) is 9.93. The normalized spacial score (nSPS) is 12.3. The predicted octanol–water partition coefficient (Wildman–Crippen LogP) is 14.5. The molecule has 0 saturated carbocycles. The van der Waals surface area contributed by atoms with Crippen LogP contribution in [-0.2, 0) is 0 Å². The summed E-state index contributed by atoms with van der Waals surface area (Å²) in [6.45, 7) is 0. The molecule has 6 heterocycles. The molecular weight excluding hydrogens is 701 g/mol. The molecule has 10 heteroatoms. The Kier molecular flexibility index (Phi) is 5.93. The molecule has 0 amide bonds. The first kappa shape index (κ1) is 27.5. The van der Waals surface area contributed by atoms with Crippen LogP contribution in [-0.4, -0.2) is 0 Å². The van der Waals surface area contributed by atoms with E-state index in [1.807, 2.05) is 60.7 Å². The first-order valence-electron chi connectivity index (χ1n) is 14.1. The summed E-state index contributed by atoms with van der Waals surface area (Å²) in [5.41, 5.74) is 0. The molecule has 46 heavy (non-hydrogen) atoms. The van der Waals surface area contributed by atoms with E-state index < -0.39 is 0 Å². The maximum absolute atomic E-state index is 15.5. The van der Waals surface area contributed by atoms with E-state index in [0.29, 0.717) is 19.5 Å². The van der Waals surface area contributed by atoms with Gasteiger partial charge in [-0.05, 0) is 57.9 Å². The molecule has 0 N–H and O–H groups in total. The van der Waals surface area contributed by atoms with Crippen molar-refractivity contribution in [1.82, 2.24) is 0 Å². The van der Waals surface area contributed by atoms with Gasteiger partial charge in [-0.3, -0.25) is 0 Å². The van der Waals surface area contributed by atoms with Crippen molar-refractivity contribution in [2.75, 3.05) is 0 Å². The molecule has 0 fully saturated rings. The minimum absolute atomic E-state index is 0.214. The van der Waals surface area contributed by atoms with Gasteiger partial charge in [-0.15, -0.1) is 68.0 Å². The molecule has 0 atom stereocenters. The Morgan fingerprint density at radius 1 is 0.326 bits per heavy atom. The summed E-state index contributed by atoms with van der Waals surface area (Å²) in [5, 5.41) is 7.36. The molecule has 10 aromatic rings. The van der Waals surface area contributed by atoms with Crippen molar-refractivity contribution >= 4 is 130 Å². The molecule has 0 bridgehead atoms. The number of halogens is 4. The van der Waals surface area contributed by atoms with E-state index in [-0.39, 0.29) is 21.9 Å². The van der Waals surface area contributed by atoms with Crippen LogP contribution in [0.25, 0.3) is 91.2 Å². The van der Waals surface area contributed by atoms with Gasteiger partial charge in [0.25, 0.3) is 0 Å². The number of fused-ring (bicyclic) bond motifs is 10. The van der Waals surface area contributed by atoms with Gasteiger partial charge in [0.05, 0.1) is 9.75 Å². The molecule has 0 aliphatic heterocycles. The van der Waals surface area contributed by atoms with E-state index in [1.54, 1.807) is 12.1 Å². The SMILES string of the molecule is Fc1cc2ccc3c(ccc4cc(-c5sc(-c6cc(F)c(-c7cc8ccc9c(ccc%10cc(F)sc%109)c8s7)s6)cc5F)sc43)c2s1. The number of hydrogen-bond donors (Lipinski definition) is 0. The Labute approximate surface area is 281 Å². The van der Waals surface area contributed by atoms with Crippen molar-refractivity contribution in [3.8, 4) is 29.3 Å². The molecular formula is C36H14F4S6. The number of thiophene rings is 6. The van der Waals surface area contributed by atoms with Crippen LogP contribution >= 0.6 is 68.0 Å². The van der Waals surface area contributed by atoms with Crippen molar-refractivity contribution in [1.29, 1.82) is 0 Å². The Balaban J connectivity index is 1.04. The van der Waals surface area contributed by atoms with Crippen LogP contribution in [0.2, 0.25) is 0 Å². The van der Waals surface area contributed by atoms with Gasteiger partial charge in [0.15, 0.2) is 10.3 Å². The Bertz CT molecular complexity index is 2680.